The Hall–Kier alpha value is -3.66. The fourth-order valence-electron chi connectivity index (χ4n) is 3.03. The number of pyridine rings is 1. The maximum absolute atomic E-state index is 12.7. The molecule has 1 aromatic carbocycles. The van der Waals surface area contributed by atoms with Gasteiger partial charge in [-0.15, -0.1) is 0 Å². The molecule has 0 atom stereocenters. The fourth-order valence-corrected chi connectivity index (χ4v) is 3.03. The molecule has 0 radical (unpaired) electrons. The number of aromatic nitrogens is 5. The molecule has 2 N–H and O–H groups in total. The number of aromatic amines is 1. The summed E-state index contributed by atoms with van der Waals surface area (Å²) in [5.74, 6) is 0.401. The van der Waals surface area contributed by atoms with Crippen LogP contribution in [-0.4, -0.2) is 36.2 Å². The molecule has 0 spiro atoms. The number of halogens is 2. The number of alkyl halides is 2. The van der Waals surface area contributed by atoms with Gasteiger partial charge in [0.05, 0.1) is 24.0 Å². The van der Waals surface area contributed by atoms with Crippen molar-refractivity contribution in [1.82, 2.24) is 24.5 Å². The molecule has 0 aliphatic heterocycles. The Bertz CT molecular complexity index is 1200. The molecule has 4 aromatic rings. The number of benzene rings is 1. The smallest absolute Gasteiger partial charge is 0.387 e. The number of aliphatic hydroxyl groups excluding tert-OH is 1. The summed E-state index contributed by atoms with van der Waals surface area (Å²) < 4.78 is 31.8. The van der Waals surface area contributed by atoms with E-state index in [1.54, 1.807) is 28.8 Å². The van der Waals surface area contributed by atoms with Crippen LogP contribution in [0.4, 0.5) is 8.78 Å². The summed E-state index contributed by atoms with van der Waals surface area (Å²) in [7, 11) is 0. The van der Waals surface area contributed by atoms with Gasteiger partial charge < -0.3 is 19.4 Å². The molecule has 148 valence electrons. The number of hydrogen-bond acceptors (Lipinski definition) is 6. The van der Waals surface area contributed by atoms with Crippen molar-refractivity contribution in [3.8, 4) is 17.0 Å². The minimum atomic E-state index is -2.95. The molecule has 10 heteroatoms. The number of para-hydroxylation sites is 1. The van der Waals surface area contributed by atoms with Crippen LogP contribution in [0.2, 0.25) is 0 Å². The minimum Gasteiger partial charge on any atom is -0.434 e. The summed E-state index contributed by atoms with van der Waals surface area (Å²) in [6, 6.07) is 8.17. The molecule has 4 rings (SSSR count). The highest BCUT2D eigenvalue weighted by molar-refractivity contribution is 5.80. The van der Waals surface area contributed by atoms with Crippen LogP contribution in [0.25, 0.3) is 22.3 Å². The van der Waals surface area contributed by atoms with Crippen LogP contribution in [0, 0.1) is 0 Å². The molecule has 0 aliphatic carbocycles. The highest BCUT2D eigenvalue weighted by Crippen LogP contribution is 2.26. The van der Waals surface area contributed by atoms with E-state index in [9.17, 15) is 18.7 Å². The third kappa shape index (κ3) is 3.83. The molecule has 3 aromatic heterocycles. The van der Waals surface area contributed by atoms with E-state index >= 15 is 0 Å². The van der Waals surface area contributed by atoms with Gasteiger partial charge in [-0.3, -0.25) is 4.98 Å². The van der Waals surface area contributed by atoms with Gasteiger partial charge in [0.25, 0.3) is 0 Å². The molecule has 0 bridgehead atoms. The van der Waals surface area contributed by atoms with Gasteiger partial charge in [0.15, 0.2) is 0 Å². The van der Waals surface area contributed by atoms with Crippen LogP contribution >= 0.6 is 0 Å². The first-order chi connectivity index (χ1) is 14.0. The Balaban J connectivity index is 1.80. The van der Waals surface area contributed by atoms with E-state index in [0.717, 1.165) is 0 Å². The molecule has 0 saturated heterocycles. The highest BCUT2D eigenvalue weighted by atomic mass is 19.3. The predicted octanol–water partition coefficient (Wildman–Crippen LogP) is 2.32. The van der Waals surface area contributed by atoms with Gasteiger partial charge in [-0.25, -0.2) is 14.8 Å². The molecule has 0 aliphatic rings. The normalized spacial score (nSPS) is 11.3. The van der Waals surface area contributed by atoms with E-state index in [1.807, 2.05) is 0 Å². The molecule has 0 saturated carbocycles. The van der Waals surface area contributed by atoms with Crippen molar-refractivity contribution in [3.63, 3.8) is 0 Å². The standard InChI is InChI=1S/C19H15F2N5O3/c20-18(21)29-16-4-2-1-3-11(16)9-26-15-5-13(12-6-23-19(28)24-7-12)22-8-14(15)25-17(26)10-27/h1-8,18,27H,9-10H2,(H,23,24,28). The van der Waals surface area contributed by atoms with Crippen LogP contribution in [0.1, 0.15) is 11.4 Å². The lowest BCUT2D eigenvalue weighted by Gasteiger charge is -2.13. The second kappa shape index (κ2) is 7.76. The number of nitrogens with one attached hydrogen (secondary N) is 1. The number of rotatable bonds is 6. The first-order valence-electron chi connectivity index (χ1n) is 8.59. The van der Waals surface area contributed by atoms with Crippen molar-refractivity contribution < 1.29 is 18.6 Å². The molecule has 0 amide bonds. The number of imidazole rings is 1. The second-order valence-corrected chi connectivity index (χ2v) is 6.12. The predicted molar refractivity (Wildman–Crippen MR) is 99.5 cm³/mol. The zero-order valence-corrected chi connectivity index (χ0v) is 14.9. The fraction of sp³-hybridized carbons (Fsp3) is 0.158. The molecule has 3 heterocycles. The van der Waals surface area contributed by atoms with Crippen LogP contribution < -0.4 is 10.4 Å². The van der Waals surface area contributed by atoms with Gasteiger partial charge >= 0.3 is 12.3 Å². The summed E-state index contributed by atoms with van der Waals surface area (Å²) in [5, 5.41) is 9.72. The van der Waals surface area contributed by atoms with E-state index in [-0.39, 0.29) is 18.9 Å². The summed E-state index contributed by atoms with van der Waals surface area (Å²) >= 11 is 0. The average Bonchev–Trinajstić information content (AvgIpc) is 3.06. The Kier molecular flexibility index (Phi) is 5.00. The number of fused-ring (bicyclic) bond motifs is 1. The van der Waals surface area contributed by atoms with Crippen molar-refractivity contribution in [3.05, 3.63) is 70.8 Å². The quantitative estimate of drug-likeness (QED) is 0.516. The Morgan fingerprint density at radius 3 is 2.76 bits per heavy atom. The lowest BCUT2D eigenvalue weighted by Crippen LogP contribution is -2.09. The zero-order valence-electron chi connectivity index (χ0n) is 14.9. The number of hydrogen-bond donors (Lipinski definition) is 2. The van der Waals surface area contributed by atoms with Gasteiger partial charge in [-0.1, -0.05) is 18.2 Å². The Morgan fingerprint density at radius 2 is 2.03 bits per heavy atom. The highest BCUT2D eigenvalue weighted by Gasteiger charge is 2.16. The van der Waals surface area contributed by atoms with E-state index in [4.69, 9.17) is 0 Å². The van der Waals surface area contributed by atoms with E-state index < -0.39 is 12.3 Å². The Labute approximate surface area is 162 Å². The summed E-state index contributed by atoms with van der Waals surface area (Å²) in [4.78, 5) is 26.0. The third-order valence-electron chi connectivity index (χ3n) is 4.34. The number of nitrogens with zero attached hydrogens (tertiary/aromatic N) is 4. The summed E-state index contributed by atoms with van der Waals surface area (Å²) in [6.45, 7) is -3.14. The molecule has 0 unspecified atom stereocenters. The molecular weight excluding hydrogens is 384 g/mol. The number of H-pyrrole nitrogens is 1. The first-order valence-corrected chi connectivity index (χ1v) is 8.59. The maximum atomic E-state index is 12.7. The third-order valence-corrected chi connectivity index (χ3v) is 4.34. The largest absolute Gasteiger partial charge is 0.434 e. The summed E-state index contributed by atoms with van der Waals surface area (Å²) in [6.07, 6.45) is 4.42. The van der Waals surface area contributed by atoms with Crippen LogP contribution in [0.15, 0.2) is 53.7 Å². The van der Waals surface area contributed by atoms with Crippen LogP contribution in [0.3, 0.4) is 0 Å². The van der Waals surface area contributed by atoms with Crippen molar-refractivity contribution in [1.29, 1.82) is 0 Å². The molecule has 8 nitrogen and oxygen atoms in total. The van der Waals surface area contributed by atoms with E-state index in [0.29, 0.717) is 33.7 Å². The minimum absolute atomic E-state index is 0.0485. The Morgan fingerprint density at radius 1 is 1.21 bits per heavy atom. The van der Waals surface area contributed by atoms with Gasteiger partial charge in [0.1, 0.15) is 23.7 Å². The molecule has 29 heavy (non-hydrogen) atoms. The van der Waals surface area contributed by atoms with Crippen molar-refractivity contribution in [2.45, 2.75) is 19.8 Å². The monoisotopic (exact) mass is 399 g/mol. The van der Waals surface area contributed by atoms with Crippen molar-refractivity contribution >= 4 is 11.0 Å². The maximum Gasteiger partial charge on any atom is 0.387 e. The molecule has 0 fully saturated rings. The number of ether oxygens (including phenoxy) is 1. The second-order valence-electron chi connectivity index (χ2n) is 6.12. The van der Waals surface area contributed by atoms with Gasteiger partial charge in [0, 0.05) is 23.5 Å². The van der Waals surface area contributed by atoms with Crippen LogP contribution in [-0.2, 0) is 13.2 Å². The van der Waals surface area contributed by atoms with Crippen LogP contribution in [0.5, 0.6) is 5.75 Å². The SMILES string of the molecule is O=c1ncc(-c2cc3c(cn2)nc(CO)n3Cc2ccccc2OC(F)F)c[nH]1. The zero-order chi connectivity index (χ0) is 20.4. The first kappa shape index (κ1) is 18.7. The van der Waals surface area contributed by atoms with Gasteiger partial charge in [-0.2, -0.15) is 8.78 Å². The van der Waals surface area contributed by atoms with Gasteiger partial charge in [0.2, 0.25) is 0 Å². The summed E-state index contributed by atoms with van der Waals surface area (Å²) in [5.41, 5.74) is 2.32. The topological polar surface area (TPSA) is 106 Å². The van der Waals surface area contributed by atoms with E-state index in [1.165, 1.54) is 24.7 Å². The number of aliphatic hydroxyl groups is 1. The molecular formula is C19H15F2N5O3. The van der Waals surface area contributed by atoms with Crippen molar-refractivity contribution in [2.75, 3.05) is 0 Å². The lowest BCUT2D eigenvalue weighted by molar-refractivity contribution is -0.0504. The van der Waals surface area contributed by atoms with Gasteiger partial charge in [-0.05, 0) is 12.1 Å². The lowest BCUT2D eigenvalue weighted by atomic mass is 10.2. The van der Waals surface area contributed by atoms with Crippen molar-refractivity contribution in [2.24, 2.45) is 0 Å². The average molecular weight is 399 g/mol. The van der Waals surface area contributed by atoms with E-state index in [2.05, 4.69) is 24.7 Å².